The van der Waals surface area contributed by atoms with Crippen molar-refractivity contribution in [2.45, 2.75) is 31.6 Å². The van der Waals surface area contributed by atoms with Crippen LogP contribution in [0.25, 0.3) is 0 Å². The number of halogens is 4. The highest BCUT2D eigenvalue weighted by atomic mass is 79.9. The number of alkyl halides is 2. The minimum atomic E-state index is -2.56. The summed E-state index contributed by atoms with van der Waals surface area (Å²) in [6.45, 7) is 0.392. The molecule has 0 bridgehead atoms. The van der Waals surface area contributed by atoms with Crippen LogP contribution in [0.1, 0.15) is 25.7 Å². The molecule has 0 aromatic heterocycles. The highest BCUT2D eigenvalue weighted by Crippen LogP contribution is 2.36. The summed E-state index contributed by atoms with van der Waals surface area (Å²) in [4.78, 5) is 0. The third-order valence-electron chi connectivity index (χ3n) is 3.25. The second-order valence-corrected chi connectivity index (χ2v) is 5.74. The van der Waals surface area contributed by atoms with Gasteiger partial charge < -0.3 is 5.32 Å². The highest BCUT2D eigenvalue weighted by Gasteiger charge is 2.35. The SMILES string of the molecule is Fc1ccc(Br)cc1NCC1CCCC(F)(F)C1. The van der Waals surface area contributed by atoms with Gasteiger partial charge in [0.25, 0.3) is 0 Å². The van der Waals surface area contributed by atoms with Crippen molar-refractivity contribution in [1.82, 2.24) is 0 Å². The molecule has 1 saturated carbocycles. The monoisotopic (exact) mass is 321 g/mol. The van der Waals surface area contributed by atoms with Gasteiger partial charge in [-0.2, -0.15) is 0 Å². The van der Waals surface area contributed by atoms with Gasteiger partial charge in [0.05, 0.1) is 5.69 Å². The van der Waals surface area contributed by atoms with E-state index in [9.17, 15) is 13.2 Å². The average molecular weight is 322 g/mol. The Bertz CT molecular complexity index is 423. The van der Waals surface area contributed by atoms with E-state index in [-0.39, 0.29) is 24.6 Å². The normalized spacial score (nSPS) is 22.8. The number of benzene rings is 1. The smallest absolute Gasteiger partial charge is 0.248 e. The Kier molecular flexibility index (Phi) is 4.20. The lowest BCUT2D eigenvalue weighted by atomic mass is 9.86. The van der Waals surface area contributed by atoms with E-state index in [0.29, 0.717) is 18.7 Å². The van der Waals surface area contributed by atoms with Gasteiger partial charge in [-0.25, -0.2) is 13.2 Å². The van der Waals surface area contributed by atoms with Crippen molar-refractivity contribution in [2.24, 2.45) is 5.92 Å². The van der Waals surface area contributed by atoms with Crippen molar-refractivity contribution in [3.05, 3.63) is 28.5 Å². The van der Waals surface area contributed by atoms with Crippen LogP contribution in [0, 0.1) is 11.7 Å². The first-order valence-electron chi connectivity index (χ1n) is 6.03. The molecule has 0 saturated heterocycles. The van der Waals surface area contributed by atoms with E-state index < -0.39 is 5.92 Å². The summed E-state index contributed by atoms with van der Waals surface area (Å²) in [6.07, 6.45) is 1.20. The molecule has 1 N–H and O–H groups in total. The summed E-state index contributed by atoms with van der Waals surface area (Å²) in [5, 5.41) is 2.92. The van der Waals surface area contributed by atoms with Crippen LogP contribution in [0.5, 0.6) is 0 Å². The topological polar surface area (TPSA) is 12.0 Å². The number of nitrogens with one attached hydrogen (secondary N) is 1. The van der Waals surface area contributed by atoms with Crippen LogP contribution in [0.15, 0.2) is 22.7 Å². The van der Waals surface area contributed by atoms with E-state index in [1.165, 1.54) is 6.07 Å². The van der Waals surface area contributed by atoms with Gasteiger partial charge in [-0.3, -0.25) is 0 Å². The van der Waals surface area contributed by atoms with Gasteiger partial charge in [0, 0.05) is 23.9 Å². The summed E-state index contributed by atoms with van der Waals surface area (Å²) in [6, 6.07) is 4.58. The molecule has 1 aliphatic rings. The number of hydrogen-bond acceptors (Lipinski definition) is 1. The molecule has 0 aliphatic heterocycles. The number of anilines is 1. The molecule has 1 nitrogen and oxygen atoms in total. The van der Waals surface area contributed by atoms with E-state index in [2.05, 4.69) is 21.2 Å². The van der Waals surface area contributed by atoms with E-state index >= 15 is 0 Å². The maximum absolute atomic E-state index is 13.4. The van der Waals surface area contributed by atoms with Gasteiger partial charge in [0.2, 0.25) is 5.92 Å². The number of rotatable bonds is 3. The molecule has 18 heavy (non-hydrogen) atoms. The van der Waals surface area contributed by atoms with Crippen molar-refractivity contribution in [3.8, 4) is 0 Å². The zero-order chi connectivity index (χ0) is 13.2. The van der Waals surface area contributed by atoms with E-state index in [1.807, 2.05) is 0 Å². The van der Waals surface area contributed by atoms with Crippen LogP contribution in [0.4, 0.5) is 18.9 Å². The Morgan fingerprint density at radius 2 is 2.17 bits per heavy atom. The lowest BCUT2D eigenvalue weighted by Crippen LogP contribution is -2.29. The molecule has 0 radical (unpaired) electrons. The summed E-state index contributed by atoms with van der Waals surface area (Å²) >= 11 is 3.25. The summed E-state index contributed by atoms with van der Waals surface area (Å²) in [5.74, 6) is -3.01. The lowest BCUT2D eigenvalue weighted by molar-refractivity contribution is -0.0502. The van der Waals surface area contributed by atoms with Gasteiger partial charge in [0.15, 0.2) is 0 Å². The van der Waals surface area contributed by atoms with Crippen molar-refractivity contribution >= 4 is 21.6 Å². The largest absolute Gasteiger partial charge is 0.382 e. The first-order chi connectivity index (χ1) is 8.46. The molecule has 1 aromatic rings. The molecule has 0 amide bonds. The molecular formula is C13H15BrF3N. The molecular weight excluding hydrogens is 307 g/mol. The molecule has 1 aromatic carbocycles. The molecule has 1 fully saturated rings. The lowest BCUT2D eigenvalue weighted by Gasteiger charge is -2.29. The molecule has 5 heteroatoms. The predicted octanol–water partition coefficient (Wildman–Crippen LogP) is 4.83. The number of hydrogen-bond donors (Lipinski definition) is 1. The average Bonchev–Trinajstić information content (AvgIpc) is 2.29. The first kappa shape index (κ1) is 13.7. The third-order valence-corrected chi connectivity index (χ3v) is 3.75. The molecule has 1 aliphatic carbocycles. The fraction of sp³-hybridized carbons (Fsp3) is 0.538. The zero-order valence-electron chi connectivity index (χ0n) is 9.86. The summed E-state index contributed by atoms with van der Waals surface area (Å²) in [7, 11) is 0. The van der Waals surface area contributed by atoms with Crippen molar-refractivity contribution in [2.75, 3.05) is 11.9 Å². The van der Waals surface area contributed by atoms with E-state index in [4.69, 9.17) is 0 Å². The van der Waals surface area contributed by atoms with E-state index in [0.717, 1.165) is 10.9 Å². The van der Waals surface area contributed by atoms with Crippen LogP contribution >= 0.6 is 15.9 Å². The van der Waals surface area contributed by atoms with Crippen molar-refractivity contribution < 1.29 is 13.2 Å². The van der Waals surface area contributed by atoms with Crippen LogP contribution in [0.3, 0.4) is 0 Å². The van der Waals surface area contributed by atoms with Gasteiger partial charge in [-0.05, 0) is 37.0 Å². The van der Waals surface area contributed by atoms with Crippen LogP contribution < -0.4 is 5.32 Å². The Labute approximate surface area is 113 Å². The van der Waals surface area contributed by atoms with Crippen molar-refractivity contribution in [3.63, 3.8) is 0 Å². The molecule has 1 unspecified atom stereocenters. The standard InChI is InChI=1S/C13H15BrF3N/c14-10-3-4-11(15)12(6-10)18-8-9-2-1-5-13(16,17)7-9/h3-4,6,9,18H,1-2,5,7-8H2. The van der Waals surface area contributed by atoms with Gasteiger partial charge in [0.1, 0.15) is 5.82 Å². The maximum Gasteiger partial charge on any atom is 0.248 e. The van der Waals surface area contributed by atoms with Crippen LogP contribution in [-0.4, -0.2) is 12.5 Å². The minimum absolute atomic E-state index is 0.0191. The van der Waals surface area contributed by atoms with Gasteiger partial charge in [-0.1, -0.05) is 15.9 Å². The van der Waals surface area contributed by atoms with E-state index in [1.54, 1.807) is 12.1 Å². The third kappa shape index (κ3) is 3.64. The zero-order valence-corrected chi connectivity index (χ0v) is 11.4. The van der Waals surface area contributed by atoms with Crippen molar-refractivity contribution in [1.29, 1.82) is 0 Å². The minimum Gasteiger partial charge on any atom is -0.382 e. The Morgan fingerprint density at radius 1 is 1.39 bits per heavy atom. The highest BCUT2D eigenvalue weighted by molar-refractivity contribution is 9.10. The second-order valence-electron chi connectivity index (χ2n) is 4.82. The second kappa shape index (κ2) is 5.51. The Hall–Kier alpha value is -0.710. The van der Waals surface area contributed by atoms with Crippen LogP contribution in [-0.2, 0) is 0 Å². The Morgan fingerprint density at radius 3 is 2.89 bits per heavy atom. The van der Waals surface area contributed by atoms with Gasteiger partial charge in [-0.15, -0.1) is 0 Å². The quantitative estimate of drug-likeness (QED) is 0.841. The first-order valence-corrected chi connectivity index (χ1v) is 6.82. The molecule has 0 spiro atoms. The molecule has 2 rings (SSSR count). The summed E-state index contributed by atoms with van der Waals surface area (Å²) < 4.78 is 40.6. The Balaban J connectivity index is 1.93. The fourth-order valence-electron chi connectivity index (χ4n) is 2.34. The van der Waals surface area contributed by atoms with Gasteiger partial charge >= 0.3 is 0 Å². The molecule has 1 atom stereocenters. The maximum atomic E-state index is 13.4. The molecule has 100 valence electrons. The molecule has 0 heterocycles. The summed E-state index contributed by atoms with van der Waals surface area (Å²) in [5.41, 5.74) is 0.360. The fourth-order valence-corrected chi connectivity index (χ4v) is 2.70. The predicted molar refractivity (Wildman–Crippen MR) is 69.5 cm³/mol. The van der Waals surface area contributed by atoms with Crippen LogP contribution in [0.2, 0.25) is 0 Å².